The SMILES string of the molecule is CC(C)S(=O)(=O)CCC(=O)CC1(N)CCCC1. The Morgan fingerprint density at radius 2 is 1.82 bits per heavy atom. The highest BCUT2D eigenvalue weighted by atomic mass is 32.2. The van der Waals surface area contributed by atoms with Crippen molar-refractivity contribution in [3.8, 4) is 0 Å². The van der Waals surface area contributed by atoms with Gasteiger partial charge in [0.1, 0.15) is 5.78 Å². The topological polar surface area (TPSA) is 77.2 Å². The third-order valence-corrected chi connectivity index (χ3v) is 5.74. The summed E-state index contributed by atoms with van der Waals surface area (Å²) < 4.78 is 23.1. The van der Waals surface area contributed by atoms with Gasteiger partial charge in [-0.05, 0) is 26.7 Å². The quantitative estimate of drug-likeness (QED) is 0.784. The average Bonchev–Trinajstić information content (AvgIpc) is 2.62. The third-order valence-electron chi connectivity index (χ3n) is 3.53. The molecule has 0 saturated heterocycles. The molecule has 1 fully saturated rings. The number of hydrogen-bond acceptors (Lipinski definition) is 4. The molecule has 100 valence electrons. The lowest BCUT2D eigenvalue weighted by molar-refractivity contribution is -0.119. The fourth-order valence-corrected chi connectivity index (χ4v) is 3.21. The molecule has 1 rings (SSSR count). The van der Waals surface area contributed by atoms with Crippen LogP contribution in [0.3, 0.4) is 0 Å². The number of sulfone groups is 1. The monoisotopic (exact) mass is 261 g/mol. The zero-order chi connectivity index (χ0) is 13.1. The molecule has 0 aromatic heterocycles. The van der Waals surface area contributed by atoms with Crippen LogP contribution in [0.25, 0.3) is 0 Å². The number of carbonyl (C=O) groups excluding carboxylic acids is 1. The molecule has 1 aliphatic rings. The summed E-state index contributed by atoms with van der Waals surface area (Å²) in [6.45, 7) is 3.28. The first-order chi connectivity index (χ1) is 7.75. The van der Waals surface area contributed by atoms with Crippen LogP contribution < -0.4 is 5.73 Å². The van der Waals surface area contributed by atoms with Crippen molar-refractivity contribution in [1.82, 2.24) is 0 Å². The van der Waals surface area contributed by atoms with Crippen LogP contribution in [0.15, 0.2) is 0 Å². The van der Waals surface area contributed by atoms with Gasteiger partial charge in [-0.2, -0.15) is 0 Å². The van der Waals surface area contributed by atoms with E-state index < -0.39 is 15.1 Å². The predicted octanol–water partition coefficient (Wildman–Crippen LogP) is 1.43. The van der Waals surface area contributed by atoms with Crippen LogP contribution >= 0.6 is 0 Å². The van der Waals surface area contributed by atoms with E-state index in [-0.39, 0.29) is 23.5 Å². The van der Waals surface area contributed by atoms with Crippen LogP contribution in [-0.2, 0) is 14.6 Å². The Labute approximate surface area is 104 Å². The van der Waals surface area contributed by atoms with Crippen molar-refractivity contribution in [3.05, 3.63) is 0 Å². The van der Waals surface area contributed by atoms with E-state index in [2.05, 4.69) is 0 Å². The van der Waals surface area contributed by atoms with Crippen molar-refractivity contribution in [1.29, 1.82) is 0 Å². The number of rotatable bonds is 6. The van der Waals surface area contributed by atoms with Gasteiger partial charge in [-0.1, -0.05) is 12.8 Å². The Kier molecular flexibility index (Phi) is 4.72. The molecule has 0 amide bonds. The number of ketones is 1. The lowest BCUT2D eigenvalue weighted by atomic mass is 9.92. The highest BCUT2D eigenvalue weighted by Crippen LogP contribution is 2.30. The van der Waals surface area contributed by atoms with Crippen molar-refractivity contribution in [3.63, 3.8) is 0 Å². The van der Waals surface area contributed by atoms with E-state index >= 15 is 0 Å². The number of hydrogen-bond donors (Lipinski definition) is 1. The van der Waals surface area contributed by atoms with Crippen LogP contribution in [0.5, 0.6) is 0 Å². The van der Waals surface area contributed by atoms with Crippen molar-refractivity contribution in [2.45, 2.75) is 63.2 Å². The van der Waals surface area contributed by atoms with E-state index in [0.717, 1.165) is 25.7 Å². The lowest BCUT2D eigenvalue weighted by Gasteiger charge is -2.22. The average molecular weight is 261 g/mol. The zero-order valence-corrected chi connectivity index (χ0v) is 11.6. The standard InChI is InChI=1S/C12H23NO3S/c1-10(2)17(15,16)8-5-11(14)9-12(13)6-3-4-7-12/h10H,3-9,13H2,1-2H3. The van der Waals surface area contributed by atoms with Gasteiger partial charge in [-0.15, -0.1) is 0 Å². The maximum absolute atomic E-state index is 11.7. The van der Waals surface area contributed by atoms with E-state index in [9.17, 15) is 13.2 Å². The van der Waals surface area contributed by atoms with Gasteiger partial charge in [0.2, 0.25) is 0 Å². The highest BCUT2D eigenvalue weighted by Gasteiger charge is 2.31. The van der Waals surface area contributed by atoms with Gasteiger partial charge < -0.3 is 5.73 Å². The second kappa shape index (κ2) is 5.48. The van der Waals surface area contributed by atoms with E-state index in [1.165, 1.54) is 0 Å². The summed E-state index contributed by atoms with van der Waals surface area (Å²) in [5, 5.41) is -0.409. The smallest absolute Gasteiger partial charge is 0.153 e. The van der Waals surface area contributed by atoms with Crippen LogP contribution in [0.4, 0.5) is 0 Å². The summed E-state index contributed by atoms with van der Waals surface area (Å²) in [5.74, 6) is -0.0572. The van der Waals surface area contributed by atoms with Crippen LogP contribution in [0.2, 0.25) is 0 Å². The van der Waals surface area contributed by atoms with Crippen molar-refractivity contribution in [2.24, 2.45) is 5.73 Å². The molecule has 0 spiro atoms. The van der Waals surface area contributed by atoms with Gasteiger partial charge in [0.15, 0.2) is 9.84 Å². The summed E-state index contributed by atoms with van der Waals surface area (Å²) in [5.41, 5.74) is 5.73. The fraction of sp³-hybridized carbons (Fsp3) is 0.917. The van der Waals surface area contributed by atoms with Gasteiger partial charge in [0.25, 0.3) is 0 Å². The molecule has 0 heterocycles. The van der Waals surface area contributed by atoms with Crippen molar-refractivity contribution < 1.29 is 13.2 Å². The van der Waals surface area contributed by atoms with Crippen LogP contribution in [-0.4, -0.2) is 30.7 Å². The Morgan fingerprint density at radius 3 is 2.29 bits per heavy atom. The van der Waals surface area contributed by atoms with E-state index in [1.807, 2.05) is 0 Å². The largest absolute Gasteiger partial charge is 0.325 e. The van der Waals surface area contributed by atoms with E-state index in [1.54, 1.807) is 13.8 Å². The van der Waals surface area contributed by atoms with Gasteiger partial charge in [-0.25, -0.2) is 8.42 Å². The number of carbonyl (C=O) groups is 1. The van der Waals surface area contributed by atoms with Gasteiger partial charge >= 0.3 is 0 Å². The molecule has 5 heteroatoms. The molecule has 2 N–H and O–H groups in total. The minimum atomic E-state index is -3.11. The molecule has 0 aromatic rings. The molecule has 0 atom stereocenters. The first kappa shape index (κ1) is 14.6. The highest BCUT2D eigenvalue weighted by molar-refractivity contribution is 7.91. The summed E-state index contributed by atoms with van der Waals surface area (Å²) in [4.78, 5) is 11.7. The molecule has 0 aromatic carbocycles. The minimum absolute atomic E-state index is 0.0152. The van der Waals surface area contributed by atoms with Crippen molar-refractivity contribution in [2.75, 3.05) is 5.75 Å². The zero-order valence-electron chi connectivity index (χ0n) is 10.7. The van der Waals surface area contributed by atoms with Crippen LogP contribution in [0.1, 0.15) is 52.4 Å². The number of nitrogens with two attached hydrogens (primary N) is 1. The predicted molar refractivity (Wildman–Crippen MR) is 68.6 cm³/mol. The molecule has 0 bridgehead atoms. The van der Waals surface area contributed by atoms with Crippen LogP contribution in [0, 0.1) is 0 Å². The van der Waals surface area contributed by atoms with Gasteiger partial charge in [0.05, 0.1) is 11.0 Å². The Hall–Kier alpha value is -0.420. The van der Waals surface area contributed by atoms with E-state index in [0.29, 0.717) is 6.42 Å². The molecule has 17 heavy (non-hydrogen) atoms. The fourth-order valence-electron chi connectivity index (χ4n) is 2.23. The molecule has 1 aliphatic carbocycles. The van der Waals surface area contributed by atoms with Crippen molar-refractivity contribution >= 4 is 15.6 Å². The third kappa shape index (κ3) is 4.39. The molecule has 0 aliphatic heterocycles. The summed E-state index contributed by atoms with van der Waals surface area (Å²) in [7, 11) is -3.11. The lowest BCUT2D eigenvalue weighted by Crippen LogP contribution is -2.39. The first-order valence-corrected chi connectivity index (χ1v) is 7.99. The Bertz CT molecular complexity index is 367. The van der Waals surface area contributed by atoms with Gasteiger partial charge in [-0.3, -0.25) is 4.79 Å². The Balaban J connectivity index is 2.41. The molecule has 0 radical (unpaired) electrons. The molecule has 0 unspecified atom stereocenters. The summed E-state index contributed by atoms with van der Waals surface area (Å²) in [6, 6.07) is 0. The first-order valence-electron chi connectivity index (χ1n) is 6.27. The molecular formula is C12H23NO3S. The summed E-state index contributed by atoms with van der Waals surface area (Å²) in [6.07, 6.45) is 4.37. The number of Topliss-reactive ketones (excluding diaryl/α,β-unsaturated/α-hetero) is 1. The maximum Gasteiger partial charge on any atom is 0.153 e. The second-order valence-electron chi connectivity index (χ2n) is 5.45. The maximum atomic E-state index is 11.7. The minimum Gasteiger partial charge on any atom is -0.325 e. The van der Waals surface area contributed by atoms with Gasteiger partial charge in [0, 0.05) is 18.4 Å². The normalized spacial score (nSPS) is 19.8. The molecule has 4 nitrogen and oxygen atoms in total. The second-order valence-corrected chi connectivity index (χ2v) is 8.13. The Morgan fingerprint density at radius 1 is 1.29 bits per heavy atom. The summed E-state index contributed by atoms with van der Waals surface area (Å²) >= 11 is 0. The van der Waals surface area contributed by atoms with E-state index in [4.69, 9.17) is 5.73 Å². The molecule has 1 saturated carbocycles. The molecular weight excluding hydrogens is 238 g/mol.